The van der Waals surface area contributed by atoms with E-state index < -0.39 is 5.97 Å². The molecule has 0 aliphatic rings. The van der Waals surface area contributed by atoms with E-state index in [9.17, 15) is 9.90 Å². The van der Waals surface area contributed by atoms with Crippen LogP contribution in [0.15, 0.2) is 41.5 Å². The molecule has 0 unspecified atom stereocenters. The molecule has 0 heterocycles. The summed E-state index contributed by atoms with van der Waals surface area (Å²) in [5.74, 6) is -1.25. The minimum atomic E-state index is -1.25. The fourth-order valence-electron chi connectivity index (χ4n) is 1.73. The maximum atomic E-state index is 10.8. The summed E-state index contributed by atoms with van der Waals surface area (Å²) in [5.41, 5.74) is 4.53. The average Bonchev–Trinajstić information content (AvgIpc) is 2.50. The van der Waals surface area contributed by atoms with E-state index in [0.29, 0.717) is 27.0 Å². The molecule has 0 aromatic heterocycles. The molecule has 0 amide bonds. The third kappa shape index (κ3) is 3.71. The fraction of sp³-hybridized carbons (Fsp3) is 0.0667. The lowest BCUT2D eigenvalue weighted by molar-refractivity contribution is -0.255. The van der Waals surface area contributed by atoms with Crippen LogP contribution in [0.2, 0.25) is 15.1 Å². The molecule has 2 rings (SSSR count). The first-order valence-electron chi connectivity index (χ1n) is 6.15. The first-order chi connectivity index (χ1) is 10.4. The predicted octanol–water partition coefficient (Wildman–Crippen LogP) is 3.85. The Kier molecular flexibility index (Phi) is 5.29. The normalized spacial score (nSPS) is 11.4. The third-order valence-corrected chi connectivity index (χ3v) is 4.17. The SMILES string of the molecule is C/C(=N/Nc1cccc(C(=O)[O-])c1)c1ccc(Cl)c(Cl)c1Cl. The number of benzene rings is 2. The van der Waals surface area contributed by atoms with E-state index >= 15 is 0 Å². The number of nitrogens with one attached hydrogen (secondary N) is 1. The van der Waals surface area contributed by atoms with Gasteiger partial charge in [0.15, 0.2) is 0 Å². The summed E-state index contributed by atoms with van der Waals surface area (Å²) < 4.78 is 0. The number of hydrazone groups is 1. The summed E-state index contributed by atoms with van der Waals surface area (Å²) in [6, 6.07) is 9.45. The van der Waals surface area contributed by atoms with Crippen molar-refractivity contribution in [1.82, 2.24) is 0 Å². The van der Waals surface area contributed by atoms with E-state index in [0.717, 1.165) is 0 Å². The molecule has 114 valence electrons. The third-order valence-electron chi connectivity index (χ3n) is 2.88. The van der Waals surface area contributed by atoms with E-state index in [4.69, 9.17) is 34.8 Å². The Morgan fingerprint density at radius 3 is 2.55 bits per heavy atom. The van der Waals surface area contributed by atoms with Crippen LogP contribution in [0.1, 0.15) is 22.8 Å². The molecule has 0 aliphatic heterocycles. The van der Waals surface area contributed by atoms with Gasteiger partial charge in [-0.25, -0.2) is 0 Å². The van der Waals surface area contributed by atoms with Crippen LogP contribution in [-0.2, 0) is 0 Å². The molecule has 4 nitrogen and oxygen atoms in total. The highest BCUT2D eigenvalue weighted by atomic mass is 35.5. The molecular weight excluding hydrogens is 347 g/mol. The number of carboxylic acid groups (broad SMARTS) is 1. The summed E-state index contributed by atoms with van der Waals surface area (Å²) in [6.45, 7) is 1.74. The van der Waals surface area contributed by atoms with Gasteiger partial charge in [0.05, 0.1) is 32.4 Å². The summed E-state index contributed by atoms with van der Waals surface area (Å²) in [7, 11) is 0. The van der Waals surface area contributed by atoms with Crippen molar-refractivity contribution in [2.45, 2.75) is 6.92 Å². The molecule has 0 bridgehead atoms. The van der Waals surface area contributed by atoms with Crippen molar-refractivity contribution in [3.63, 3.8) is 0 Å². The number of nitrogens with zero attached hydrogens (tertiary/aromatic N) is 1. The van der Waals surface area contributed by atoms with Gasteiger partial charge in [0.25, 0.3) is 0 Å². The number of halogens is 3. The second kappa shape index (κ2) is 7.01. The largest absolute Gasteiger partial charge is 0.545 e. The van der Waals surface area contributed by atoms with Gasteiger partial charge in [0.1, 0.15) is 0 Å². The van der Waals surface area contributed by atoms with Gasteiger partial charge in [-0.2, -0.15) is 5.10 Å². The minimum absolute atomic E-state index is 0.0606. The Hall–Kier alpha value is -1.75. The topological polar surface area (TPSA) is 64.5 Å². The molecule has 0 saturated carbocycles. The lowest BCUT2D eigenvalue weighted by Gasteiger charge is -2.09. The fourth-order valence-corrected chi connectivity index (χ4v) is 2.40. The second-order valence-corrected chi connectivity index (χ2v) is 5.56. The van der Waals surface area contributed by atoms with Crippen LogP contribution < -0.4 is 10.5 Å². The maximum absolute atomic E-state index is 10.8. The van der Waals surface area contributed by atoms with Crippen molar-refractivity contribution in [3.8, 4) is 0 Å². The lowest BCUT2D eigenvalue weighted by Crippen LogP contribution is -2.22. The highest BCUT2D eigenvalue weighted by Gasteiger charge is 2.10. The van der Waals surface area contributed by atoms with E-state index in [2.05, 4.69) is 10.5 Å². The van der Waals surface area contributed by atoms with Crippen LogP contribution in [0.5, 0.6) is 0 Å². The Labute approximate surface area is 142 Å². The number of carboxylic acids is 1. The van der Waals surface area contributed by atoms with Crippen LogP contribution in [0.3, 0.4) is 0 Å². The molecule has 0 saturated heterocycles. The average molecular weight is 357 g/mol. The molecule has 22 heavy (non-hydrogen) atoms. The van der Waals surface area contributed by atoms with Crippen LogP contribution in [-0.4, -0.2) is 11.7 Å². The standard InChI is InChI=1S/C15H11Cl3N2O2/c1-8(11-5-6-12(16)14(18)13(11)17)19-20-10-4-2-3-9(7-10)15(21)22/h2-7,20H,1H3,(H,21,22)/p-1/b19-8-. The van der Waals surface area contributed by atoms with Gasteiger partial charge >= 0.3 is 0 Å². The van der Waals surface area contributed by atoms with Crippen molar-refractivity contribution in [3.05, 3.63) is 62.6 Å². The Balaban J connectivity index is 2.25. The highest BCUT2D eigenvalue weighted by molar-refractivity contribution is 6.49. The van der Waals surface area contributed by atoms with E-state index in [1.807, 2.05) is 0 Å². The van der Waals surface area contributed by atoms with Crippen molar-refractivity contribution in [2.75, 3.05) is 5.43 Å². The lowest BCUT2D eigenvalue weighted by atomic mass is 10.1. The zero-order valence-corrected chi connectivity index (χ0v) is 13.6. The van der Waals surface area contributed by atoms with Crippen molar-refractivity contribution < 1.29 is 9.90 Å². The maximum Gasteiger partial charge on any atom is 0.0785 e. The quantitative estimate of drug-likeness (QED) is 0.514. The van der Waals surface area contributed by atoms with E-state index in [-0.39, 0.29) is 10.6 Å². The molecule has 0 spiro atoms. The molecular formula is C15H10Cl3N2O2-. The summed E-state index contributed by atoms with van der Waals surface area (Å²) in [5, 5.41) is 15.9. The van der Waals surface area contributed by atoms with E-state index in [1.54, 1.807) is 31.2 Å². The van der Waals surface area contributed by atoms with Crippen LogP contribution in [0.4, 0.5) is 5.69 Å². The molecule has 7 heteroatoms. The monoisotopic (exact) mass is 355 g/mol. The van der Waals surface area contributed by atoms with Gasteiger partial charge in [-0.15, -0.1) is 0 Å². The number of anilines is 1. The molecule has 0 aliphatic carbocycles. The number of carbonyl (C=O) groups excluding carboxylic acids is 1. The molecule has 0 fully saturated rings. The van der Waals surface area contributed by atoms with Gasteiger partial charge < -0.3 is 9.90 Å². The van der Waals surface area contributed by atoms with Gasteiger partial charge in [0.2, 0.25) is 0 Å². The number of hydrogen-bond donors (Lipinski definition) is 1. The zero-order valence-electron chi connectivity index (χ0n) is 11.4. The first kappa shape index (κ1) is 16.6. The molecule has 2 aromatic rings. The second-order valence-electron chi connectivity index (χ2n) is 4.40. The highest BCUT2D eigenvalue weighted by Crippen LogP contribution is 2.32. The number of hydrogen-bond acceptors (Lipinski definition) is 4. The first-order valence-corrected chi connectivity index (χ1v) is 7.29. The predicted molar refractivity (Wildman–Crippen MR) is 88.1 cm³/mol. The molecule has 1 N–H and O–H groups in total. The summed E-state index contributed by atoms with van der Waals surface area (Å²) in [6.07, 6.45) is 0. The van der Waals surface area contributed by atoms with Crippen molar-refractivity contribution in [1.29, 1.82) is 0 Å². The van der Waals surface area contributed by atoms with Crippen molar-refractivity contribution in [2.24, 2.45) is 5.10 Å². The van der Waals surface area contributed by atoms with Gasteiger partial charge in [0, 0.05) is 5.56 Å². The van der Waals surface area contributed by atoms with Crippen molar-refractivity contribution >= 4 is 52.2 Å². The summed E-state index contributed by atoms with van der Waals surface area (Å²) >= 11 is 18.0. The van der Waals surface area contributed by atoms with Gasteiger partial charge in [-0.05, 0) is 30.7 Å². The molecule has 0 atom stereocenters. The molecule has 2 aromatic carbocycles. The van der Waals surface area contributed by atoms with E-state index in [1.165, 1.54) is 12.1 Å². The van der Waals surface area contributed by atoms with Crippen LogP contribution in [0, 0.1) is 0 Å². The van der Waals surface area contributed by atoms with Gasteiger partial charge in [-0.1, -0.05) is 53.0 Å². The number of aromatic carboxylic acids is 1. The van der Waals surface area contributed by atoms with Crippen LogP contribution in [0.25, 0.3) is 0 Å². The Morgan fingerprint density at radius 2 is 1.86 bits per heavy atom. The Bertz CT molecular complexity index is 760. The van der Waals surface area contributed by atoms with Gasteiger partial charge in [-0.3, -0.25) is 5.43 Å². The number of carbonyl (C=O) groups is 1. The molecule has 0 radical (unpaired) electrons. The number of rotatable bonds is 4. The smallest absolute Gasteiger partial charge is 0.0785 e. The van der Waals surface area contributed by atoms with Crippen LogP contribution >= 0.6 is 34.8 Å². The Morgan fingerprint density at radius 1 is 1.14 bits per heavy atom. The summed E-state index contributed by atoms with van der Waals surface area (Å²) in [4.78, 5) is 10.8. The minimum Gasteiger partial charge on any atom is -0.545 e. The zero-order chi connectivity index (χ0) is 16.3.